The molecular formula is C28H38O11. The molecule has 0 aromatic rings. The molecule has 39 heavy (non-hydrogen) atoms. The van der Waals surface area contributed by atoms with Gasteiger partial charge < -0.3 is 28.8 Å². The molecule has 9 atom stereocenters. The molecule has 0 unspecified atom stereocenters. The number of rotatable bonds is 4. The van der Waals surface area contributed by atoms with Crippen LogP contribution in [0.3, 0.4) is 0 Å². The van der Waals surface area contributed by atoms with E-state index < -0.39 is 83.2 Å². The molecule has 1 saturated heterocycles. The summed E-state index contributed by atoms with van der Waals surface area (Å²) in [6, 6.07) is 0. The Labute approximate surface area is 227 Å². The van der Waals surface area contributed by atoms with Crippen LogP contribution < -0.4 is 0 Å². The van der Waals surface area contributed by atoms with Crippen molar-refractivity contribution in [3.05, 3.63) is 23.8 Å². The average Bonchev–Trinajstić information content (AvgIpc) is 3.01. The number of hydrogen-bond acceptors (Lipinski definition) is 11. The highest BCUT2D eigenvalue weighted by atomic mass is 16.6. The van der Waals surface area contributed by atoms with E-state index in [9.17, 15) is 29.1 Å². The van der Waals surface area contributed by atoms with Crippen molar-refractivity contribution in [3.8, 4) is 0 Å². The third-order valence-corrected chi connectivity index (χ3v) is 8.17. The Morgan fingerprint density at radius 3 is 2.05 bits per heavy atom. The van der Waals surface area contributed by atoms with Crippen LogP contribution in [0.25, 0.3) is 0 Å². The molecule has 11 nitrogen and oxygen atoms in total. The summed E-state index contributed by atoms with van der Waals surface area (Å²) in [5, 5.41) is 12.3. The molecule has 11 heteroatoms. The lowest BCUT2D eigenvalue weighted by Gasteiger charge is -2.56. The molecule has 3 aliphatic rings. The van der Waals surface area contributed by atoms with Gasteiger partial charge in [-0.15, -0.1) is 0 Å². The Morgan fingerprint density at radius 2 is 1.51 bits per heavy atom. The van der Waals surface area contributed by atoms with E-state index in [0.29, 0.717) is 12.0 Å². The number of esters is 5. The molecule has 0 aromatic heterocycles. The van der Waals surface area contributed by atoms with E-state index in [-0.39, 0.29) is 12.8 Å². The maximum Gasteiger partial charge on any atom is 0.312 e. The van der Waals surface area contributed by atoms with E-state index in [1.165, 1.54) is 27.7 Å². The van der Waals surface area contributed by atoms with Gasteiger partial charge in [0.2, 0.25) is 0 Å². The lowest BCUT2D eigenvalue weighted by Crippen LogP contribution is -2.68. The maximum absolute atomic E-state index is 12.8. The highest BCUT2D eigenvalue weighted by Crippen LogP contribution is 2.56. The van der Waals surface area contributed by atoms with Crippen molar-refractivity contribution in [2.24, 2.45) is 17.3 Å². The lowest BCUT2D eigenvalue weighted by atomic mass is 9.54. The van der Waals surface area contributed by atoms with Crippen LogP contribution in [0.5, 0.6) is 0 Å². The molecule has 2 fully saturated rings. The summed E-state index contributed by atoms with van der Waals surface area (Å²) < 4.78 is 28.6. The van der Waals surface area contributed by atoms with Crippen molar-refractivity contribution in [3.63, 3.8) is 0 Å². The molecule has 0 amide bonds. The monoisotopic (exact) mass is 550 g/mol. The topological polar surface area (TPSA) is 152 Å². The van der Waals surface area contributed by atoms with E-state index in [1.807, 2.05) is 0 Å². The fourth-order valence-electron chi connectivity index (χ4n) is 6.47. The fourth-order valence-corrected chi connectivity index (χ4v) is 6.47. The van der Waals surface area contributed by atoms with Gasteiger partial charge in [-0.1, -0.05) is 24.6 Å². The zero-order valence-corrected chi connectivity index (χ0v) is 23.5. The van der Waals surface area contributed by atoms with Crippen LogP contribution in [0.15, 0.2) is 23.8 Å². The molecule has 0 bridgehead atoms. The second-order valence-electron chi connectivity index (χ2n) is 11.0. The van der Waals surface area contributed by atoms with Crippen LogP contribution in [0, 0.1) is 17.3 Å². The number of ether oxygens (including phenoxy) is 5. The molecule has 3 rings (SSSR count). The molecule has 0 aromatic carbocycles. The van der Waals surface area contributed by atoms with Crippen LogP contribution in [0.4, 0.5) is 0 Å². The predicted octanol–water partition coefficient (Wildman–Crippen LogP) is 2.33. The second kappa shape index (κ2) is 11.1. The molecule has 216 valence electrons. The number of carbonyl (C=O) groups is 5. The standard InChI is InChI=1S/C28H38O11/c1-13-9-10-21(36-17(5)30)27(8)23(14(2)12-20(35-16(4)29)24(27)37-18(6)31)25(38-19(7)32)28(34)15(3)26(33)39-22(28)11-13/h11,15,20-25,34H,2,9-10,12H2,1,3-8H3/b13-11-/t15-,20-,21-,22-,23+,24-,25-,27+,28-/m0/s1. The van der Waals surface area contributed by atoms with Crippen molar-refractivity contribution in [1.82, 2.24) is 0 Å². The van der Waals surface area contributed by atoms with Gasteiger partial charge in [-0.3, -0.25) is 24.0 Å². The highest BCUT2D eigenvalue weighted by Gasteiger charge is 2.69. The Morgan fingerprint density at radius 1 is 0.974 bits per heavy atom. The van der Waals surface area contributed by atoms with Gasteiger partial charge >= 0.3 is 29.8 Å². The van der Waals surface area contributed by atoms with E-state index in [1.54, 1.807) is 19.9 Å². The Kier molecular flexibility index (Phi) is 8.64. The molecule has 0 spiro atoms. The van der Waals surface area contributed by atoms with Crippen molar-refractivity contribution in [2.45, 2.75) is 104 Å². The molecule has 1 N–H and O–H groups in total. The Balaban J connectivity index is 2.39. The molecule has 1 aliphatic heterocycles. The van der Waals surface area contributed by atoms with Crippen LogP contribution in [-0.2, 0) is 47.7 Å². The van der Waals surface area contributed by atoms with Gasteiger partial charge in [0.05, 0.1) is 11.3 Å². The minimum absolute atomic E-state index is 0.0128. The summed E-state index contributed by atoms with van der Waals surface area (Å²) in [6.45, 7) is 13.9. The quantitative estimate of drug-likeness (QED) is 0.312. The third kappa shape index (κ3) is 5.59. The largest absolute Gasteiger partial charge is 0.462 e. The highest BCUT2D eigenvalue weighted by molar-refractivity contribution is 5.78. The van der Waals surface area contributed by atoms with Gasteiger partial charge in [0.1, 0.15) is 24.4 Å². The van der Waals surface area contributed by atoms with E-state index >= 15 is 0 Å². The van der Waals surface area contributed by atoms with Crippen molar-refractivity contribution in [1.29, 1.82) is 0 Å². The lowest BCUT2D eigenvalue weighted by molar-refractivity contribution is -0.235. The van der Waals surface area contributed by atoms with Crippen LogP contribution in [0.2, 0.25) is 0 Å². The second-order valence-corrected chi connectivity index (χ2v) is 11.0. The zero-order valence-electron chi connectivity index (χ0n) is 23.5. The van der Waals surface area contributed by atoms with Gasteiger partial charge in [-0.2, -0.15) is 0 Å². The summed E-state index contributed by atoms with van der Waals surface area (Å²) in [6.07, 6.45) is -3.61. The first-order valence-electron chi connectivity index (χ1n) is 13.0. The number of hydrogen-bond donors (Lipinski definition) is 1. The van der Waals surface area contributed by atoms with Crippen LogP contribution >= 0.6 is 0 Å². The van der Waals surface area contributed by atoms with Crippen molar-refractivity contribution in [2.75, 3.05) is 0 Å². The molecule has 1 heterocycles. The summed E-state index contributed by atoms with van der Waals surface area (Å²) in [4.78, 5) is 62.2. The smallest absolute Gasteiger partial charge is 0.312 e. The minimum Gasteiger partial charge on any atom is -0.462 e. The number of allylic oxidation sites excluding steroid dienone is 1. The van der Waals surface area contributed by atoms with E-state index in [4.69, 9.17) is 23.7 Å². The number of fused-ring (bicyclic) bond motifs is 2. The Bertz CT molecular complexity index is 1090. The predicted molar refractivity (Wildman–Crippen MR) is 135 cm³/mol. The molecular weight excluding hydrogens is 512 g/mol. The zero-order chi connectivity index (χ0) is 29.4. The Hall–Kier alpha value is -3.21. The molecule has 0 radical (unpaired) electrons. The summed E-state index contributed by atoms with van der Waals surface area (Å²) in [7, 11) is 0. The first-order valence-corrected chi connectivity index (χ1v) is 13.0. The van der Waals surface area contributed by atoms with Gasteiger partial charge in [-0.05, 0) is 32.8 Å². The first-order chi connectivity index (χ1) is 18.0. The van der Waals surface area contributed by atoms with Gasteiger partial charge in [0.25, 0.3) is 0 Å². The SMILES string of the molecule is C=C1C[C@H](OC(C)=O)[C@H](OC(C)=O)[C@]2(C)[C@@H](OC(C)=O)CC/C(C)=C\[C@@H]3OC(=O)[C@H](C)[C@@]3(O)[C@@H](OC(C)=O)[C@@H]12. The van der Waals surface area contributed by atoms with Crippen LogP contribution in [0.1, 0.15) is 67.7 Å². The molecule has 2 aliphatic carbocycles. The third-order valence-electron chi connectivity index (χ3n) is 8.17. The van der Waals surface area contributed by atoms with Crippen LogP contribution in [-0.4, -0.2) is 71.1 Å². The minimum atomic E-state index is -2.06. The summed E-state index contributed by atoms with van der Waals surface area (Å²) in [5.41, 5.74) is -2.41. The van der Waals surface area contributed by atoms with Gasteiger partial charge in [-0.25, -0.2) is 0 Å². The first kappa shape index (κ1) is 30.3. The summed E-state index contributed by atoms with van der Waals surface area (Å²) in [5.74, 6) is -5.52. The van der Waals surface area contributed by atoms with Crippen molar-refractivity contribution >= 4 is 29.8 Å². The number of carbonyl (C=O) groups excluding carboxylic acids is 5. The molecule has 1 saturated carbocycles. The normalized spacial score (nSPS) is 39.6. The summed E-state index contributed by atoms with van der Waals surface area (Å²) >= 11 is 0. The fraction of sp³-hybridized carbons (Fsp3) is 0.679. The van der Waals surface area contributed by atoms with Gasteiger partial charge in [0.15, 0.2) is 11.7 Å². The maximum atomic E-state index is 12.8. The van der Waals surface area contributed by atoms with E-state index in [0.717, 1.165) is 12.5 Å². The van der Waals surface area contributed by atoms with E-state index in [2.05, 4.69) is 6.58 Å². The van der Waals surface area contributed by atoms with Crippen molar-refractivity contribution < 1.29 is 52.8 Å². The number of aliphatic hydroxyl groups is 1. The van der Waals surface area contributed by atoms with Gasteiger partial charge in [0, 0.05) is 40.0 Å². The average molecular weight is 551 g/mol.